The van der Waals surface area contributed by atoms with Crippen LogP contribution in [0.5, 0.6) is 11.5 Å². The molecule has 0 amide bonds. The van der Waals surface area contributed by atoms with E-state index in [1.807, 2.05) is 24.3 Å². The molecule has 1 heterocycles. The molecule has 1 aliphatic rings. The monoisotopic (exact) mass is 287 g/mol. The Kier molecular flexibility index (Phi) is 3.08. The quantitative estimate of drug-likeness (QED) is 0.460. The van der Waals surface area contributed by atoms with Gasteiger partial charge < -0.3 is 9.64 Å². The number of anilines is 3. The fourth-order valence-corrected chi connectivity index (χ4v) is 2.88. The van der Waals surface area contributed by atoms with E-state index in [-0.39, 0.29) is 0 Å². The molecule has 22 heavy (non-hydrogen) atoms. The van der Waals surface area contributed by atoms with E-state index in [1.54, 1.807) is 0 Å². The summed E-state index contributed by atoms with van der Waals surface area (Å²) >= 11 is 0. The molecule has 4 rings (SSSR count). The Morgan fingerprint density at radius 2 is 1.50 bits per heavy atom. The minimum atomic E-state index is 0.892. The lowest BCUT2D eigenvalue weighted by Crippen LogP contribution is -2.15. The predicted molar refractivity (Wildman–Crippen MR) is 90.6 cm³/mol. The third-order valence-electron chi connectivity index (χ3n) is 4.01. The SMILES string of the molecule is CCc1ccc2c(c1)N(c1ccccc1)c1ccccc1O2. The second kappa shape index (κ2) is 5.23. The Labute approximate surface area is 130 Å². The molecule has 0 saturated carbocycles. The molecule has 2 heteroatoms. The highest BCUT2D eigenvalue weighted by Gasteiger charge is 2.25. The molecule has 0 fully saturated rings. The highest BCUT2D eigenvalue weighted by molar-refractivity contribution is 5.86. The normalized spacial score (nSPS) is 12.3. The number of para-hydroxylation sites is 3. The second-order valence-corrected chi connectivity index (χ2v) is 5.40. The number of aryl methyl sites for hydroxylation is 1. The van der Waals surface area contributed by atoms with Crippen LogP contribution in [0.3, 0.4) is 0 Å². The fraction of sp³-hybridized carbons (Fsp3) is 0.100. The first-order valence-electron chi connectivity index (χ1n) is 7.62. The van der Waals surface area contributed by atoms with E-state index in [2.05, 4.69) is 60.4 Å². The molecular formula is C20H17NO. The van der Waals surface area contributed by atoms with Gasteiger partial charge in [-0.1, -0.05) is 43.3 Å². The number of ether oxygens (including phenoxy) is 1. The molecule has 0 N–H and O–H groups in total. The van der Waals surface area contributed by atoms with Crippen molar-refractivity contribution in [2.75, 3.05) is 4.90 Å². The van der Waals surface area contributed by atoms with Crippen molar-refractivity contribution in [3.63, 3.8) is 0 Å². The highest BCUT2D eigenvalue weighted by atomic mass is 16.5. The van der Waals surface area contributed by atoms with Crippen LogP contribution in [0, 0.1) is 0 Å². The molecule has 0 radical (unpaired) electrons. The Bertz CT molecular complexity index is 811. The Hall–Kier alpha value is -2.74. The van der Waals surface area contributed by atoms with Crippen LogP contribution in [-0.4, -0.2) is 0 Å². The first kappa shape index (κ1) is 13.0. The van der Waals surface area contributed by atoms with Gasteiger partial charge in [0.15, 0.2) is 11.5 Å². The minimum absolute atomic E-state index is 0.892. The lowest BCUT2D eigenvalue weighted by atomic mass is 10.1. The summed E-state index contributed by atoms with van der Waals surface area (Å²) in [5.74, 6) is 1.79. The van der Waals surface area contributed by atoms with Crippen LogP contribution in [0.2, 0.25) is 0 Å². The van der Waals surface area contributed by atoms with Gasteiger partial charge in [0.1, 0.15) is 0 Å². The predicted octanol–water partition coefficient (Wildman–Crippen LogP) is 5.82. The van der Waals surface area contributed by atoms with Gasteiger partial charge in [-0.3, -0.25) is 0 Å². The molecule has 0 aromatic heterocycles. The smallest absolute Gasteiger partial charge is 0.151 e. The summed E-state index contributed by atoms with van der Waals surface area (Å²) in [6, 6.07) is 25.0. The molecule has 2 nitrogen and oxygen atoms in total. The van der Waals surface area contributed by atoms with Crippen LogP contribution in [-0.2, 0) is 6.42 Å². The molecule has 0 atom stereocenters. The van der Waals surface area contributed by atoms with E-state index in [0.717, 1.165) is 35.0 Å². The second-order valence-electron chi connectivity index (χ2n) is 5.40. The Morgan fingerprint density at radius 3 is 2.32 bits per heavy atom. The summed E-state index contributed by atoms with van der Waals surface area (Å²) in [7, 11) is 0. The number of hydrogen-bond donors (Lipinski definition) is 0. The molecule has 0 unspecified atom stereocenters. The van der Waals surface area contributed by atoms with Gasteiger partial charge in [0.2, 0.25) is 0 Å². The summed E-state index contributed by atoms with van der Waals surface area (Å²) in [6.45, 7) is 2.17. The first-order chi connectivity index (χ1) is 10.9. The average molecular weight is 287 g/mol. The largest absolute Gasteiger partial charge is 0.453 e. The van der Waals surface area contributed by atoms with Crippen molar-refractivity contribution in [2.24, 2.45) is 0 Å². The Morgan fingerprint density at radius 1 is 0.773 bits per heavy atom. The molecule has 0 saturated heterocycles. The van der Waals surface area contributed by atoms with E-state index >= 15 is 0 Å². The summed E-state index contributed by atoms with van der Waals surface area (Å²) in [6.07, 6.45) is 1.01. The van der Waals surface area contributed by atoms with Crippen molar-refractivity contribution >= 4 is 17.1 Å². The van der Waals surface area contributed by atoms with E-state index < -0.39 is 0 Å². The topological polar surface area (TPSA) is 12.5 Å². The maximum absolute atomic E-state index is 6.09. The van der Waals surface area contributed by atoms with Crippen molar-refractivity contribution in [3.8, 4) is 11.5 Å². The van der Waals surface area contributed by atoms with E-state index in [1.165, 1.54) is 5.56 Å². The molecule has 0 bridgehead atoms. The molecular weight excluding hydrogens is 270 g/mol. The van der Waals surface area contributed by atoms with Gasteiger partial charge in [-0.2, -0.15) is 0 Å². The zero-order valence-corrected chi connectivity index (χ0v) is 12.5. The van der Waals surface area contributed by atoms with Crippen LogP contribution in [0.25, 0.3) is 0 Å². The third kappa shape index (κ3) is 2.04. The highest BCUT2D eigenvalue weighted by Crippen LogP contribution is 2.50. The Balaban J connectivity index is 1.96. The molecule has 1 aliphatic heterocycles. The number of rotatable bonds is 2. The van der Waals surface area contributed by atoms with Gasteiger partial charge in [-0.15, -0.1) is 0 Å². The van der Waals surface area contributed by atoms with Crippen LogP contribution in [0.1, 0.15) is 12.5 Å². The molecule has 3 aromatic rings. The van der Waals surface area contributed by atoms with Gasteiger partial charge in [-0.25, -0.2) is 0 Å². The molecule has 3 aromatic carbocycles. The van der Waals surface area contributed by atoms with Gasteiger partial charge >= 0.3 is 0 Å². The molecule has 108 valence electrons. The maximum Gasteiger partial charge on any atom is 0.151 e. The van der Waals surface area contributed by atoms with E-state index in [9.17, 15) is 0 Å². The van der Waals surface area contributed by atoms with Crippen molar-refractivity contribution < 1.29 is 4.74 Å². The summed E-state index contributed by atoms with van der Waals surface area (Å²) in [5, 5.41) is 0. The van der Waals surface area contributed by atoms with Gasteiger partial charge in [0.25, 0.3) is 0 Å². The van der Waals surface area contributed by atoms with Crippen molar-refractivity contribution in [1.29, 1.82) is 0 Å². The third-order valence-corrected chi connectivity index (χ3v) is 4.01. The van der Waals surface area contributed by atoms with Crippen LogP contribution in [0.4, 0.5) is 17.1 Å². The lowest BCUT2D eigenvalue weighted by Gasteiger charge is -2.33. The van der Waals surface area contributed by atoms with E-state index in [0.29, 0.717) is 0 Å². The number of fused-ring (bicyclic) bond motifs is 2. The minimum Gasteiger partial charge on any atom is -0.453 e. The molecule has 0 spiro atoms. The van der Waals surface area contributed by atoms with E-state index in [4.69, 9.17) is 4.74 Å². The molecule has 0 aliphatic carbocycles. The zero-order valence-electron chi connectivity index (χ0n) is 12.5. The van der Waals surface area contributed by atoms with Crippen molar-refractivity contribution in [1.82, 2.24) is 0 Å². The fourth-order valence-electron chi connectivity index (χ4n) is 2.88. The van der Waals surface area contributed by atoms with Crippen molar-refractivity contribution in [3.05, 3.63) is 78.4 Å². The van der Waals surface area contributed by atoms with Crippen molar-refractivity contribution in [2.45, 2.75) is 13.3 Å². The zero-order chi connectivity index (χ0) is 14.9. The summed E-state index contributed by atoms with van der Waals surface area (Å²) < 4.78 is 6.09. The number of benzene rings is 3. The standard InChI is InChI=1S/C20H17NO/c1-2-15-12-13-20-18(14-15)21(16-8-4-3-5-9-16)17-10-6-7-11-19(17)22-20/h3-14H,2H2,1H3. The average Bonchev–Trinajstić information content (AvgIpc) is 2.60. The summed E-state index contributed by atoms with van der Waals surface area (Å²) in [4.78, 5) is 2.27. The maximum atomic E-state index is 6.09. The number of nitrogens with zero attached hydrogens (tertiary/aromatic N) is 1. The number of hydrogen-bond acceptors (Lipinski definition) is 2. The van der Waals surface area contributed by atoms with Gasteiger partial charge in [0, 0.05) is 5.69 Å². The first-order valence-corrected chi connectivity index (χ1v) is 7.62. The van der Waals surface area contributed by atoms with Crippen LogP contribution in [0.15, 0.2) is 72.8 Å². The van der Waals surface area contributed by atoms with Crippen LogP contribution >= 0.6 is 0 Å². The van der Waals surface area contributed by atoms with Gasteiger partial charge in [0.05, 0.1) is 11.4 Å². The van der Waals surface area contributed by atoms with Crippen LogP contribution < -0.4 is 9.64 Å². The van der Waals surface area contributed by atoms with Gasteiger partial charge in [-0.05, 0) is 48.4 Å². The lowest BCUT2D eigenvalue weighted by molar-refractivity contribution is 0.476. The summed E-state index contributed by atoms with van der Waals surface area (Å²) in [5.41, 5.74) is 4.63.